The number of aliphatic hydroxyl groups is 5. The monoisotopic (exact) mass is 1270 g/mol. The van der Waals surface area contributed by atoms with Gasteiger partial charge in [0.05, 0.1) is 32.5 Å². The molecule has 0 bridgehead atoms. The van der Waals surface area contributed by atoms with Crippen LogP contribution in [0.25, 0.3) is 22.3 Å². The highest BCUT2D eigenvalue weighted by Gasteiger charge is 2.55. The molecule has 10 rings (SSSR count). The SMILES string of the molecule is Nc1ncnc2c1ncn2[C@@H]1O[C@H](COP(=O)(O)O[C@H]2[C@@H](O)[C@H](n3ccc(=O)[nH]c3=O)O[C@@H]2CO[P+](=O)O)[C@@H](OP(=O)(O)OC[C@H]2O[C@@H](n3cnc4c(N)ncnc43)[C@H](O)[C@@H]2OP(=O)(O)OC[C@H]2O[C@@H](n3ccc(=O)[nH]c3=O)[C@H](O)[C@@H]2O)[C@H]1O. The Morgan fingerprint density at radius 1 is 0.524 bits per heavy atom. The third kappa shape index (κ3) is 12.6. The Hall–Kier alpha value is -5.95. The Labute approximate surface area is 464 Å². The molecule has 4 aliphatic heterocycles. The highest BCUT2D eigenvalue weighted by molar-refractivity contribution is 7.48. The number of phosphoric ester groups is 3. The summed E-state index contributed by atoms with van der Waals surface area (Å²) >= 11 is 0. The van der Waals surface area contributed by atoms with E-state index in [0.717, 1.165) is 59.0 Å². The predicted octanol–water partition coefficient (Wildman–Crippen LogP) is -5.50. The molecule has 6 aromatic heterocycles. The van der Waals surface area contributed by atoms with E-state index in [9.17, 15) is 82.5 Å². The fourth-order valence-corrected chi connectivity index (χ4v) is 12.5. The van der Waals surface area contributed by atoms with Crippen LogP contribution in [0.4, 0.5) is 11.6 Å². The number of H-pyrrole nitrogens is 2. The summed E-state index contributed by atoms with van der Waals surface area (Å²) < 4.78 is 116. The van der Waals surface area contributed by atoms with E-state index < -0.39 is 179 Å². The average Bonchev–Trinajstić information content (AvgIpc) is 4.05. The molecule has 0 saturated carbocycles. The molecule has 0 aromatic carbocycles. The number of aromatic nitrogens is 12. The van der Waals surface area contributed by atoms with E-state index in [2.05, 4.69) is 34.4 Å². The van der Waals surface area contributed by atoms with Gasteiger partial charge in [-0.2, -0.15) is 0 Å². The molecule has 0 aliphatic carbocycles. The van der Waals surface area contributed by atoms with Crippen molar-refractivity contribution in [2.75, 3.05) is 37.9 Å². The normalized spacial score (nSPS) is 32.2. The molecule has 20 atom stereocenters. The lowest BCUT2D eigenvalue weighted by Crippen LogP contribution is -2.39. The number of nitrogen functional groups attached to an aromatic ring is 2. The van der Waals surface area contributed by atoms with Crippen LogP contribution in [-0.2, 0) is 68.9 Å². The van der Waals surface area contributed by atoms with E-state index in [0.29, 0.717) is 9.13 Å². The number of rotatable bonds is 22. The van der Waals surface area contributed by atoms with Crippen molar-refractivity contribution in [3.05, 3.63) is 91.5 Å². The molecule has 4 unspecified atom stereocenters. The molecule has 46 heteroatoms. The number of hydrogen-bond acceptors (Lipinski definition) is 32. The van der Waals surface area contributed by atoms with Crippen LogP contribution in [0.2, 0.25) is 0 Å². The molecule has 0 amide bonds. The van der Waals surface area contributed by atoms with Crippen LogP contribution in [0.3, 0.4) is 0 Å². The van der Waals surface area contributed by atoms with E-state index in [-0.39, 0.29) is 34.0 Å². The van der Waals surface area contributed by atoms with E-state index in [1.165, 1.54) is 0 Å². The van der Waals surface area contributed by atoms with Crippen molar-refractivity contribution in [3.8, 4) is 0 Å². The highest BCUT2D eigenvalue weighted by atomic mass is 31.2. The van der Waals surface area contributed by atoms with Gasteiger partial charge in [0.15, 0.2) is 47.8 Å². The molecule has 4 fully saturated rings. The van der Waals surface area contributed by atoms with Gasteiger partial charge >= 0.3 is 43.1 Å². The summed E-state index contributed by atoms with van der Waals surface area (Å²) in [5, 5.41) is 56.1. The number of phosphoric acid groups is 3. The van der Waals surface area contributed by atoms with Crippen LogP contribution in [0.15, 0.2) is 69.0 Å². The Kier molecular flexibility index (Phi) is 17.5. The van der Waals surface area contributed by atoms with Gasteiger partial charge in [-0.05, 0) is 0 Å². The van der Waals surface area contributed by atoms with Gasteiger partial charge in [-0.1, -0.05) is 0 Å². The van der Waals surface area contributed by atoms with Gasteiger partial charge in [0, 0.05) is 29.1 Å². The number of imidazole rings is 2. The first-order valence-corrected chi connectivity index (χ1v) is 29.6. The van der Waals surface area contributed by atoms with E-state index in [1.807, 2.05) is 9.97 Å². The van der Waals surface area contributed by atoms with Gasteiger partial charge in [-0.25, -0.2) is 53.2 Å². The second-order valence-corrected chi connectivity index (χ2v) is 23.4. The van der Waals surface area contributed by atoms with Crippen LogP contribution in [0, 0.1) is 0 Å². The van der Waals surface area contributed by atoms with Crippen LogP contribution in [-0.4, -0.2) is 203 Å². The summed E-state index contributed by atoms with van der Waals surface area (Å²) in [4.78, 5) is 119. The van der Waals surface area contributed by atoms with E-state index >= 15 is 0 Å². The topological polar surface area (TPSA) is 601 Å². The fourth-order valence-electron chi connectivity index (χ4n) is 9.30. The molecule has 0 radical (unpaired) electrons. The van der Waals surface area contributed by atoms with Gasteiger partial charge in [0.25, 0.3) is 11.1 Å². The first-order valence-electron chi connectivity index (χ1n) is 24.0. The number of hydrogen-bond donors (Lipinski definition) is 13. The summed E-state index contributed by atoms with van der Waals surface area (Å²) in [6, 6.07) is 1.78. The molecule has 15 N–H and O–H groups in total. The van der Waals surface area contributed by atoms with Crippen molar-refractivity contribution < 1.29 is 114 Å². The minimum Gasteiger partial charge on any atom is -0.387 e. The molecule has 4 aliphatic rings. The number of fused-ring (bicyclic) bond motifs is 2. The van der Waals surface area contributed by atoms with Gasteiger partial charge in [-0.3, -0.25) is 65.0 Å². The largest absolute Gasteiger partial charge is 0.694 e. The number of nitrogens with two attached hydrogens (primary N) is 2. The van der Waals surface area contributed by atoms with Crippen molar-refractivity contribution in [1.29, 1.82) is 0 Å². The lowest BCUT2D eigenvalue weighted by Gasteiger charge is -2.26. The van der Waals surface area contributed by atoms with E-state index in [1.54, 1.807) is 0 Å². The number of aromatic amines is 2. The van der Waals surface area contributed by atoms with Crippen LogP contribution in [0.1, 0.15) is 24.9 Å². The van der Waals surface area contributed by atoms with Crippen LogP contribution < -0.4 is 34.0 Å². The lowest BCUT2D eigenvalue weighted by molar-refractivity contribution is -0.0640. The van der Waals surface area contributed by atoms with Gasteiger partial charge < -0.3 is 70.6 Å². The molecular formula is C38H47N14O28P4+. The van der Waals surface area contributed by atoms with Crippen molar-refractivity contribution in [1.82, 2.24) is 58.1 Å². The summed E-state index contributed by atoms with van der Waals surface area (Å²) in [6.07, 6.45) is -24.5. The Morgan fingerprint density at radius 2 is 0.881 bits per heavy atom. The Balaban J connectivity index is 0.875. The molecule has 4 saturated heterocycles. The second kappa shape index (κ2) is 24.1. The number of nitrogens with zero attached hydrogens (tertiary/aromatic N) is 10. The molecule has 10 heterocycles. The smallest absolute Gasteiger partial charge is 0.387 e. The summed E-state index contributed by atoms with van der Waals surface area (Å²) in [6.45, 7) is -4.42. The number of nitrogens with one attached hydrogen (secondary N) is 2. The molecule has 84 heavy (non-hydrogen) atoms. The molecule has 6 aromatic rings. The zero-order valence-electron chi connectivity index (χ0n) is 41.9. The standard InChI is InChI=1S/C38H46N14O28P4/c39-29-19-31(43-9-41-29)51(11-45-19)35-24(58)27(79-82(64,65)71-6-13-21(55)22(56)33(74-13)49-3-1-17(53)47-37(49)60)15(76-35)8-73-84(68,69)80-28-16(77-36(25(28)59)52-12-46-20-30(40)42-10-44-32(20)52)7-72-83(66,67)78-26-14(5-70-81(62)63)75-34(23(26)57)50-4-2-18(54)48-38(50)61/h1-4,9-16,21-28,33-36,55-59H,5-8H2,(H9-,39,40,41,42,43,44,47,48,53,54,60,61,62,63,64,65,66,67,68,69)/p+1/t13-,14-,15-,16-,21-,22-,23-,24-,25-,26-,27-,28-,33-,34-,35-,36-/m1/s1. The van der Waals surface area contributed by atoms with Crippen molar-refractivity contribution in [2.24, 2.45) is 0 Å². The maximum atomic E-state index is 14.1. The van der Waals surface area contributed by atoms with Crippen molar-refractivity contribution in [2.45, 2.75) is 98.2 Å². The Morgan fingerprint density at radius 3 is 1.27 bits per heavy atom. The number of ether oxygens (including phenoxy) is 4. The average molecular weight is 1270 g/mol. The first-order chi connectivity index (χ1) is 39.7. The number of aliphatic hydroxyl groups excluding tert-OH is 5. The second-order valence-electron chi connectivity index (χ2n) is 18.5. The minimum atomic E-state index is -5.73. The van der Waals surface area contributed by atoms with Gasteiger partial charge in [-0.15, -0.1) is 9.42 Å². The van der Waals surface area contributed by atoms with Gasteiger partial charge in [0.2, 0.25) is 0 Å². The van der Waals surface area contributed by atoms with Crippen LogP contribution in [0.5, 0.6) is 0 Å². The maximum absolute atomic E-state index is 14.1. The number of anilines is 2. The molecule has 456 valence electrons. The van der Waals surface area contributed by atoms with Crippen LogP contribution >= 0.6 is 31.7 Å². The zero-order valence-corrected chi connectivity index (χ0v) is 45.5. The van der Waals surface area contributed by atoms with Crippen molar-refractivity contribution >= 4 is 65.7 Å². The molecule has 42 nitrogen and oxygen atoms in total. The predicted molar refractivity (Wildman–Crippen MR) is 266 cm³/mol. The quantitative estimate of drug-likeness (QED) is 0.0282. The van der Waals surface area contributed by atoms with E-state index in [4.69, 9.17) is 57.6 Å². The minimum absolute atomic E-state index is 0.0112. The third-order valence-electron chi connectivity index (χ3n) is 13.2. The molecular weight excluding hydrogens is 1220 g/mol. The van der Waals surface area contributed by atoms with Crippen molar-refractivity contribution in [3.63, 3.8) is 0 Å². The zero-order chi connectivity index (χ0) is 60.3. The summed E-state index contributed by atoms with van der Waals surface area (Å²) in [5.74, 6) is -0.275. The summed E-state index contributed by atoms with van der Waals surface area (Å²) in [5.41, 5.74) is 7.86. The van der Waals surface area contributed by atoms with Gasteiger partial charge in [0.1, 0.15) is 104 Å². The lowest BCUT2D eigenvalue weighted by atomic mass is 10.1. The fraction of sp³-hybridized carbons (Fsp3) is 0.526. The highest BCUT2D eigenvalue weighted by Crippen LogP contribution is 2.54. The molecule has 0 spiro atoms. The Bertz CT molecular complexity index is 3830. The maximum Gasteiger partial charge on any atom is 0.694 e. The first kappa shape index (κ1) is 61.1. The summed E-state index contributed by atoms with van der Waals surface area (Å²) in [7, 11) is -20.2. The third-order valence-corrected chi connectivity index (χ3v) is 16.5.